The van der Waals surface area contributed by atoms with Gasteiger partial charge in [0.25, 0.3) is 0 Å². The first kappa shape index (κ1) is 34.2. The summed E-state index contributed by atoms with van der Waals surface area (Å²) in [6.07, 6.45) is 2.33. The molecule has 0 radical (unpaired) electrons. The Kier molecular flexibility index (Phi) is 11.5. The molecule has 2 fully saturated rings. The molecule has 5 rings (SSSR count). The molecule has 3 aromatic rings. The van der Waals surface area contributed by atoms with Crippen LogP contribution in [0.25, 0.3) is 0 Å². The van der Waals surface area contributed by atoms with Crippen molar-refractivity contribution in [2.75, 3.05) is 35.7 Å². The first-order chi connectivity index (χ1) is 23.2. The molecule has 0 bridgehead atoms. The molecule has 3 aromatic carbocycles. The van der Waals surface area contributed by atoms with Crippen LogP contribution >= 0.6 is 0 Å². The highest BCUT2D eigenvalue weighted by atomic mass is 16.5. The van der Waals surface area contributed by atoms with Crippen LogP contribution in [-0.4, -0.2) is 67.0 Å². The first-order valence-electron chi connectivity index (χ1n) is 16.3. The predicted molar refractivity (Wildman–Crippen MR) is 186 cm³/mol. The van der Waals surface area contributed by atoms with Crippen molar-refractivity contribution < 1.29 is 23.9 Å². The third kappa shape index (κ3) is 8.80. The summed E-state index contributed by atoms with van der Waals surface area (Å²) < 4.78 is 4.66. The number of carbonyl (C=O) groups excluding carboxylic acids is 4. The first-order valence-corrected chi connectivity index (χ1v) is 16.3. The second kappa shape index (κ2) is 16.1. The molecule has 252 valence electrons. The van der Waals surface area contributed by atoms with Crippen molar-refractivity contribution in [2.24, 2.45) is 0 Å². The minimum atomic E-state index is -0.976. The topological polar surface area (TPSA) is 132 Å². The molecular formula is C37H44N6O5. The van der Waals surface area contributed by atoms with Gasteiger partial charge in [-0.2, -0.15) is 0 Å². The lowest BCUT2D eigenvalue weighted by Crippen LogP contribution is -2.52. The molecule has 3 atom stereocenters. The van der Waals surface area contributed by atoms with Crippen LogP contribution in [0.5, 0.6) is 0 Å². The summed E-state index contributed by atoms with van der Waals surface area (Å²) in [7, 11) is 1.23. The molecule has 0 spiro atoms. The Balaban J connectivity index is 1.21. The molecular weight excluding hydrogens is 608 g/mol. The normalized spacial score (nSPS) is 17.7. The Hall–Kier alpha value is -5.16. The van der Waals surface area contributed by atoms with Gasteiger partial charge in [0.1, 0.15) is 12.1 Å². The van der Waals surface area contributed by atoms with Crippen LogP contribution < -0.4 is 26.2 Å². The van der Waals surface area contributed by atoms with Crippen molar-refractivity contribution in [1.29, 1.82) is 0 Å². The van der Waals surface area contributed by atoms with E-state index in [2.05, 4.69) is 49.6 Å². The van der Waals surface area contributed by atoms with E-state index in [9.17, 15) is 19.2 Å². The highest BCUT2D eigenvalue weighted by Crippen LogP contribution is 2.24. The summed E-state index contributed by atoms with van der Waals surface area (Å²) >= 11 is 0. The average molecular weight is 653 g/mol. The van der Waals surface area contributed by atoms with Crippen molar-refractivity contribution in [3.63, 3.8) is 0 Å². The Morgan fingerprint density at radius 2 is 1.48 bits per heavy atom. The molecule has 0 unspecified atom stereocenters. The number of nitrogens with one attached hydrogen (secondary N) is 4. The van der Waals surface area contributed by atoms with E-state index in [0.717, 1.165) is 41.9 Å². The van der Waals surface area contributed by atoms with Gasteiger partial charge in [0, 0.05) is 36.7 Å². The maximum absolute atomic E-state index is 13.3. The maximum atomic E-state index is 13.3. The zero-order valence-corrected chi connectivity index (χ0v) is 27.5. The van der Waals surface area contributed by atoms with E-state index in [1.165, 1.54) is 12.0 Å². The van der Waals surface area contributed by atoms with E-state index < -0.39 is 18.2 Å². The molecule has 0 saturated carbocycles. The lowest BCUT2D eigenvalue weighted by molar-refractivity contribution is -0.137. The molecule has 2 aliphatic rings. The summed E-state index contributed by atoms with van der Waals surface area (Å²) in [5.74, 6) is -0.663. The van der Waals surface area contributed by atoms with E-state index in [1.807, 2.05) is 66.7 Å². The van der Waals surface area contributed by atoms with Crippen LogP contribution in [0.4, 0.5) is 21.9 Å². The molecule has 11 heteroatoms. The Morgan fingerprint density at radius 1 is 0.875 bits per heavy atom. The smallest absolute Gasteiger partial charge is 0.407 e. The van der Waals surface area contributed by atoms with E-state index >= 15 is 0 Å². The molecule has 2 heterocycles. The molecule has 4 amide bonds. The number of ether oxygens (including phenoxy) is 1. The zero-order chi connectivity index (χ0) is 34.0. The summed E-state index contributed by atoms with van der Waals surface area (Å²) in [4.78, 5) is 54.7. The van der Waals surface area contributed by atoms with Gasteiger partial charge < -0.3 is 35.8 Å². The third-order valence-electron chi connectivity index (χ3n) is 8.71. The number of methoxy groups -OCH3 is 1. The number of benzene rings is 3. The highest BCUT2D eigenvalue weighted by molar-refractivity contribution is 5.99. The molecule has 48 heavy (non-hydrogen) atoms. The van der Waals surface area contributed by atoms with Gasteiger partial charge >= 0.3 is 6.09 Å². The fourth-order valence-electron chi connectivity index (χ4n) is 6.11. The molecule has 0 aliphatic carbocycles. The van der Waals surface area contributed by atoms with Crippen molar-refractivity contribution in [2.45, 2.75) is 63.8 Å². The zero-order valence-electron chi connectivity index (χ0n) is 27.5. The average Bonchev–Trinajstić information content (AvgIpc) is 3.82. The third-order valence-corrected chi connectivity index (χ3v) is 8.71. The molecule has 4 N–H and O–H groups in total. The summed E-state index contributed by atoms with van der Waals surface area (Å²) in [6, 6.07) is 24.0. The van der Waals surface area contributed by atoms with Crippen molar-refractivity contribution in [1.82, 2.24) is 15.5 Å². The number of hydrogen-bond acceptors (Lipinski definition) is 7. The van der Waals surface area contributed by atoms with E-state index in [0.29, 0.717) is 43.7 Å². The van der Waals surface area contributed by atoms with Crippen LogP contribution in [-0.2, 0) is 32.2 Å². The van der Waals surface area contributed by atoms with Gasteiger partial charge in [-0.15, -0.1) is 0 Å². The van der Waals surface area contributed by atoms with Gasteiger partial charge in [0.2, 0.25) is 17.7 Å². The Bertz CT molecular complexity index is 1590. The minimum Gasteiger partial charge on any atom is -0.453 e. The van der Waals surface area contributed by atoms with Gasteiger partial charge in [-0.1, -0.05) is 49.0 Å². The quantitative estimate of drug-likeness (QED) is 0.207. The van der Waals surface area contributed by atoms with Crippen LogP contribution in [0.15, 0.2) is 91.0 Å². The molecule has 2 saturated heterocycles. The lowest BCUT2D eigenvalue weighted by atomic mass is 10.1. The van der Waals surface area contributed by atoms with Gasteiger partial charge in [-0.3, -0.25) is 14.4 Å². The number of carbonyl (C=O) groups is 4. The van der Waals surface area contributed by atoms with Crippen LogP contribution in [0.2, 0.25) is 0 Å². The molecule has 11 nitrogen and oxygen atoms in total. The van der Waals surface area contributed by atoms with Gasteiger partial charge in [-0.25, -0.2) is 4.79 Å². The molecule has 0 aromatic heterocycles. The van der Waals surface area contributed by atoms with Crippen LogP contribution in [0, 0.1) is 0 Å². The van der Waals surface area contributed by atoms with Crippen LogP contribution in [0.3, 0.4) is 0 Å². The van der Waals surface area contributed by atoms with Crippen molar-refractivity contribution >= 4 is 40.9 Å². The van der Waals surface area contributed by atoms with Gasteiger partial charge in [0.05, 0.1) is 13.2 Å². The second-order valence-corrected chi connectivity index (χ2v) is 12.3. The number of rotatable bonds is 12. The standard InChI is InChI=1S/C37H44N6O5/c1-25(2)33(41-37(47)48-3)36(46)43-22-8-12-32(43)35(45)40-29-19-15-27(16-20-29)24-42(30-9-5-4-6-10-30)23-26-13-17-28(18-14-26)39-34(44)31-11-7-21-38-31/h4-6,9-10,13-20,31-33,38H,1,7-8,11-12,21-24H2,2-3H3,(H,39,44)(H,40,45)(H,41,47)/t31-,32-,33-/m0/s1. The maximum Gasteiger partial charge on any atom is 0.407 e. The summed E-state index contributed by atoms with van der Waals surface area (Å²) in [6.45, 7) is 8.05. The Morgan fingerprint density at radius 3 is 2.02 bits per heavy atom. The number of alkyl carbamates (subject to hydrolysis) is 1. The van der Waals surface area contributed by atoms with Crippen molar-refractivity contribution in [3.05, 3.63) is 102 Å². The van der Waals surface area contributed by atoms with Gasteiger partial charge in [-0.05, 0) is 92.2 Å². The van der Waals surface area contributed by atoms with E-state index in [-0.39, 0.29) is 23.8 Å². The van der Waals surface area contributed by atoms with E-state index in [4.69, 9.17) is 0 Å². The number of anilines is 3. The Labute approximate surface area is 281 Å². The SMILES string of the molecule is C=C(C)[C@H](NC(=O)OC)C(=O)N1CCC[C@H]1C(=O)Nc1ccc(CN(Cc2ccc(NC(=O)[C@@H]3CCCN3)cc2)c2ccccc2)cc1. The summed E-state index contributed by atoms with van der Waals surface area (Å²) in [5.41, 5.74) is 5.09. The number of para-hydroxylation sites is 1. The summed E-state index contributed by atoms with van der Waals surface area (Å²) in [5, 5.41) is 11.7. The van der Waals surface area contributed by atoms with Gasteiger partial charge in [0.15, 0.2) is 0 Å². The molecule has 2 aliphatic heterocycles. The fraction of sp³-hybridized carbons (Fsp3) is 0.351. The minimum absolute atomic E-state index is 0.00390. The number of amides is 4. The van der Waals surface area contributed by atoms with Crippen LogP contribution in [0.1, 0.15) is 43.7 Å². The fourth-order valence-corrected chi connectivity index (χ4v) is 6.11. The lowest BCUT2D eigenvalue weighted by Gasteiger charge is -2.28. The highest BCUT2D eigenvalue weighted by Gasteiger charge is 2.38. The van der Waals surface area contributed by atoms with E-state index in [1.54, 1.807) is 6.92 Å². The monoisotopic (exact) mass is 652 g/mol. The number of nitrogens with zero attached hydrogens (tertiary/aromatic N) is 2. The largest absolute Gasteiger partial charge is 0.453 e. The number of hydrogen-bond donors (Lipinski definition) is 4. The predicted octanol–water partition coefficient (Wildman–Crippen LogP) is 4.81. The van der Waals surface area contributed by atoms with Crippen molar-refractivity contribution in [3.8, 4) is 0 Å². The number of likely N-dealkylation sites (tertiary alicyclic amines) is 1. The second-order valence-electron chi connectivity index (χ2n) is 12.3.